The number of benzene rings is 1. The lowest BCUT2D eigenvalue weighted by Gasteiger charge is -2.21. The van der Waals surface area contributed by atoms with Crippen LogP contribution in [-0.2, 0) is 0 Å². The number of nitrogens with zero attached hydrogens (tertiary/aromatic N) is 1. The number of hydrogen-bond acceptors (Lipinski definition) is 2. The van der Waals surface area contributed by atoms with Crippen molar-refractivity contribution < 1.29 is 4.39 Å². The molecule has 1 N–H and O–H groups in total. The van der Waals surface area contributed by atoms with Gasteiger partial charge in [0.1, 0.15) is 5.82 Å². The van der Waals surface area contributed by atoms with Crippen LogP contribution in [0.25, 0.3) is 0 Å². The summed E-state index contributed by atoms with van der Waals surface area (Å²) in [4.78, 5) is 2.11. The molecule has 1 aromatic carbocycles. The Kier molecular flexibility index (Phi) is 6.09. The van der Waals surface area contributed by atoms with Crippen molar-refractivity contribution in [3.05, 3.63) is 34.1 Å². The van der Waals surface area contributed by atoms with Crippen molar-refractivity contribution in [2.75, 3.05) is 27.2 Å². The van der Waals surface area contributed by atoms with Crippen molar-refractivity contribution in [2.24, 2.45) is 0 Å². The van der Waals surface area contributed by atoms with E-state index in [2.05, 4.69) is 26.1 Å². The molecule has 2 nitrogen and oxygen atoms in total. The van der Waals surface area contributed by atoms with Crippen LogP contribution >= 0.6 is 15.9 Å². The summed E-state index contributed by atoms with van der Waals surface area (Å²) in [5, 5.41) is 3.33. The molecule has 0 fully saturated rings. The van der Waals surface area contributed by atoms with Gasteiger partial charge in [0.25, 0.3) is 0 Å². The topological polar surface area (TPSA) is 15.3 Å². The molecule has 0 heterocycles. The largest absolute Gasteiger partial charge is 0.310 e. The second kappa shape index (κ2) is 7.09. The van der Waals surface area contributed by atoms with Gasteiger partial charge in [-0.3, -0.25) is 0 Å². The van der Waals surface area contributed by atoms with Gasteiger partial charge in [-0.1, -0.05) is 19.1 Å². The Morgan fingerprint density at radius 1 is 1.41 bits per heavy atom. The number of halogens is 2. The van der Waals surface area contributed by atoms with Crippen LogP contribution < -0.4 is 5.32 Å². The first kappa shape index (κ1) is 14.6. The second-order valence-electron chi connectivity index (χ2n) is 4.35. The van der Waals surface area contributed by atoms with Gasteiger partial charge in [0, 0.05) is 11.6 Å². The zero-order chi connectivity index (χ0) is 12.8. The molecule has 0 saturated carbocycles. The van der Waals surface area contributed by atoms with Gasteiger partial charge in [-0.25, -0.2) is 4.39 Å². The molecule has 0 spiro atoms. The zero-order valence-corrected chi connectivity index (χ0v) is 12.2. The maximum atomic E-state index is 14.0. The van der Waals surface area contributed by atoms with Crippen molar-refractivity contribution in [3.63, 3.8) is 0 Å². The normalized spacial score (nSPS) is 13.1. The minimum absolute atomic E-state index is 0.0694. The van der Waals surface area contributed by atoms with Crippen molar-refractivity contribution in [1.82, 2.24) is 10.2 Å². The minimum Gasteiger partial charge on any atom is -0.310 e. The molecule has 0 bridgehead atoms. The first-order valence-corrected chi connectivity index (χ1v) is 6.67. The molecule has 0 aromatic heterocycles. The van der Waals surface area contributed by atoms with Crippen molar-refractivity contribution in [2.45, 2.75) is 19.4 Å². The molecule has 96 valence electrons. The van der Waals surface area contributed by atoms with Gasteiger partial charge in [-0.2, -0.15) is 0 Å². The Morgan fingerprint density at radius 2 is 2.12 bits per heavy atom. The lowest BCUT2D eigenvalue weighted by atomic mass is 10.0. The van der Waals surface area contributed by atoms with E-state index in [4.69, 9.17) is 0 Å². The summed E-state index contributed by atoms with van der Waals surface area (Å²) in [6.45, 7) is 3.81. The third-order valence-electron chi connectivity index (χ3n) is 2.67. The molecule has 0 radical (unpaired) electrons. The van der Waals surface area contributed by atoms with Crippen LogP contribution in [0.1, 0.15) is 24.9 Å². The summed E-state index contributed by atoms with van der Waals surface area (Å²) < 4.78 is 14.5. The monoisotopic (exact) mass is 302 g/mol. The molecule has 0 saturated heterocycles. The molecule has 1 aromatic rings. The first-order chi connectivity index (χ1) is 8.06. The first-order valence-electron chi connectivity index (χ1n) is 5.88. The van der Waals surface area contributed by atoms with Crippen molar-refractivity contribution in [1.29, 1.82) is 0 Å². The van der Waals surface area contributed by atoms with E-state index >= 15 is 0 Å². The Bertz CT molecular complexity index is 355. The Morgan fingerprint density at radius 3 is 2.71 bits per heavy atom. The molecule has 4 heteroatoms. The van der Waals surface area contributed by atoms with Gasteiger partial charge in [-0.05, 0) is 55.6 Å². The summed E-state index contributed by atoms with van der Waals surface area (Å²) in [5.74, 6) is -0.155. The Labute approximate surface area is 111 Å². The van der Waals surface area contributed by atoms with Crippen LogP contribution in [0.2, 0.25) is 0 Å². The van der Waals surface area contributed by atoms with Gasteiger partial charge < -0.3 is 10.2 Å². The SMILES string of the molecule is CCNC(CCN(C)C)c1cccc(Br)c1F. The number of nitrogens with one attached hydrogen (secondary N) is 1. The van der Waals surface area contributed by atoms with Gasteiger partial charge in [0.15, 0.2) is 0 Å². The van der Waals surface area contributed by atoms with Crippen LogP contribution in [-0.4, -0.2) is 32.1 Å². The molecule has 0 aliphatic rings. The third-order valence-corrected chi connectivity index (χ3v) is 3.28. The highest BCUT2D eigenvalue weighted by atomic mass is 79.9. The molecule has 0 amide bonds. The van der Waals surface area contributed by atoms with Crippen LogP contribution in [0.15, 0.2) is 22.7 Å². The molecule has 0 aliphatic heterocycles. The Balaban J connectivity index is 2.85. The third kappa shape index (κ3) is 4.37. The molecule has 1 atom stereocenters. The average molecular weight is 303 g/mol. The van der Waals surface area contributed by atoms with E-state index in [0.717, 1.165) is 25.1 Å². The van der Waals surface area contributed by atoms with Gasteiger partial charge >= 0.3 is 0 Å². The lowest BCUT2D eigenvalue weighted by molar-refractivity contribution is 0.359. The fourth-order valence-corrected chi connectivity index (χ4v) is 2.17. The molecule has 1 unspecified atom stereocenters. The molecular formula is C13H20BrFN2. The summed E-state index contributed by atoms with van der Waals surface area (Å²) >= 11 is 3.23. The maximum Gasteiger partial charge on any atom is 0.142 e. The highest BCUT2D eigenvalue weighted by Crippen LogP contribution is 2.25. The second-order valence-corrected chi connectivity index (χ2v) is 5.20. The molecule has 0 aliphatic carbocycles. The quantitative estimate of drug-likeness (QED) is 0.868. The predicted molar refractivity (Wildman–Crippen MR) is 73.7 cm³/mol. The highest BCUT2D eigenvalue weighted by Gasteiger charge is 2.16. The summed E-state index contributed by atoms with van der Waals surface area (Å²) in [7, 11) is 4.06. The van der Waals surface area contributed by atoms with Gasteiger partial charge in [0.2, 0.25) is 0 Å². The van der Waals surface area contributed by atoms with E-state index < -0.39 is 0 Å². The van der Waals surface area contributed by atoms with Gasteiger partial charge in [0.05, 0.1) is 4.47 Å². The maximum absolute atomic E-state index is 14.0. The van der Waals surface area contributed by atoms with Crippen LogP contribution in [0.3, 0.4) is 0 Å². The summed E-state index contributed by atoms with van der Waals surface area (Å²) in [6, 6.07) is 5.53. The van der Waals surface area contributed by atoms with E-state index in [1.807, 2.05) is 33.2 Å². The standard InChI is InChI=1S/C13H20BrFN2/c1-4-16-12(8-9-17(2)3)10-6-5-7-11(14)13(10)15/h5-7,12,16H,4,8-9H2,1-3H3. The fourth-order valence-electron chi connectivity index (χ4n) is 1.79. The minimum atomic E-state index is -0.155. The molecule has 17 heavy (non-hydrogen) atoms. The van der Waals surface area contributed by atoms with E-state index in [0.29, 0.717) is 4.47 Å². The van der Waals surface area contributed by atoms with E-state index in [1.165, 1.54) is 0 Å². The molecular weight excluding hydrogens is 283 g/mol. The fraction of sp³-hybridized carbons (Fsp3) is 0.538. The number of hydrogen-bond donors (Lipinski definition) is 1. The zero-order valence-electron chi connectivity index (χ0n) is 10.6. The van der Waals surface area contributed by atoms with E-state index in [-0.39, 0.29) is 11.9 Å². The summed E-state index contributed by atoms with van der Waals surface area (Å²) in [6.07, 6.45) is 0.897. The van der Waals surface area contributed by atoms with E-state index in [1.54, 1.807) is 6.07 Å². The Hall–Kier alpha value is -0.450. The lowest BCUT2D eigenvalue weighted by Crippen LogP contribution is -2.26. The highest BCUT2D eigenvalue weighted by molar-refractivity contribution is 9.10. The van der Waals surface area contributed by atoms with Crippen LogP contribution in [0.4, 0.5) is 4.39 Å². The van der Waals surface area contributed by atoms with Crippen LogP contribution in [0, 0.1) is 5.82 Å². The smallest absolute Gasteiger partial charge is 0.142 e. The van der Waals surface area contributed by atoms with Crippen LogP contribution in [0.5, 0.6) is 0 Å². The van der Waals surface area contributed by atoms with Gasteiger partial charge in [-0.15, -0.1) is 0 Å². The van der Waals surface area contributed by atoms with Crippen molar-refractivity contribution >= 4 is 15.9 Å². The van der Waals surface area contributed by atoms with Crippen molar-refractivity contribution in [3.8, 4) is 0 Å². The summed E-state index contributed by atoms with van der Waals surface area (Å²) in [5.41, 5.74) is 0.739. The molecule has 1 rings (SSSR count). The van der Waals surface area contributed by atoms with E-state index in [9.17, 15) is 4.39 Å². The average Bonchev–Trinajstić information content (AvgIpc) is 2.28. The number of rotatable bonds is 6. The predicted octanol–water partition coefficient (Wildman–Crippen LogP) is 3.19.